The van der Waals surface area contributed by atoms with Crippen LogP contribution in [0, 0.1) is 0 Å². The Morgan fingerprint density at radius 3 is 2.32 bits per heavy atom. The van der Waals surface area contributed by atoms with Crippen LogP contribution < -0.4 is 14.2 Å². The highest BCUT2D eigenvalue weighted by Gasteiger charge is 2.36. The number of aromatic hydroxyl groups is 2. The number of benzene rings is 2. The lowest BCUT2D eigenvalue weighted by molar-refractivity contribution is -0.135. The van der Waals surface area contributed by atoms with Crippen LogP contribution in [0.3, 0.4) is 0 Å². The average molecular weight is 525 g/mol. The van der Waals surface area contributed by atoms with E-state index in [-0.39, 0.29) is 52.1 Å². The Morgan fingerprint density at radius 1 is 0.947 bits per heavy atom. The van der Waals surface area contributed by atoms with Crippen molar-refractivity contribution in [3.63, 3.8) is 0 Å². The van der Waals surface area contributed by atoms with Crippen molar-refractivity contribution in [1.82, 2.24) is 0 Å². The number of allylic oxidation sites excluding steroid dienone is 1. The van der Waals surface area contributed by atoms with Gasteiger partial charge >= 0.3 is 11.9 Å². The van der Waals surface area contributed by atoms with E-state index in [2.05, 4.69) is 0 Å². The number of carbonyl (C=O) groups is 3. The van der Waals surface area contributed by atoms with E-state index >= 15 is 0 Å². The molecule has 9 nitrogen and oxygen atoms in total. The zero-order valence-corrected chi connectivity index (χ0v) is 21.7. The highest BCUT2D eigenvalue weighted by Crippen LogP contribution is 2.49. The largest absolute Gasteiger partial charge is 0.507 e. The van der Waals surface area contributed by atoms with Gasteiger partial charge in [-0.15, -0.1) is 0 Å². The molecule has 0 spiro atoms. The number of ketones is 1. The second-order valence-electron chi connectivity index (χ2n) is 9.55. The van der Waals surface area contributed by atoms with E-state index in [1.165, 1.54) is 14.2 Å². The molecule has 9 heteroatoms. The summed E-state index contributed by atoms with van der Waals surface area (Å²) in [6.45, 7) is 1.75. The quantitative estimate of drug-likeness (QED) is 0.419. The third kappa shape index (κ3) is 5.61. The van der Waals surface area contributed by atoms with E-state index in [0.29, 0.717) is 49.7 Å². The minimum absolute atomic E-state index is 0.0272. The van der Waals surface area contributed by atoms with Gasteiger partial charge in [-0.25, -0.2) is 4.79 Å². The first-order chi connectivity index (χ1) is 18.2. The molecule has 0 amide bonds. The van der Waals surface area contributed by atoms with Crippen molar-refractivity contribution in [3.8, 4) is 28.7 Å². The Morgan fingerprint density at radius 2 is 1.63 bits per heavy atom. The molecule has 2 aliphatic rings. The van der Waals surface area contributed by atoms with Crippen molar-refractivity contribution in [2.45, 2.75) is 63.9 Å². The summed E-state index contributed by atoms with van der Waals surface area (Å²) in [6.07, 6.45) is 6.20. The number of rotatable bonds is 3. The van der Waals surface area contributed by atoms with Crippen LogP contribution in [0.15, 0.2) is 24.3 Å². The molecule has 38 heavy (non-hydrogen) atoms. The average Bonchev–Trinajstić information content (AvgIpc) is 2.87. The summed E-state index contributed by atoms with van der Waals surface area (Å²) in [7, 11) is 2.78. The lowest BCUT2D eigenvalue weighted by Gasteiger charge is -2.28. The normalized spacial score (nSPS) is 20.4. The molecular formula is C29H32O9. The highest BCUT2D eigenvalue weighted by molar-refractivity contribution is 5.98. The fraction of sp³-hybridized carbons (Fsp3) is 0.414. The summed E-state index contributed by atoms with van der Waals surface area (Å²) in [5.74, 6) is -1.92. The Bertz CT molecular complexity index is 1250. The number of Topliss-reactive ketones (excluding diaryl/α,β-unsaturated/α-hetero) is 1. The first-order valence-corrected chi connectivity index (χ1v) is 12.7. The van der Waals surface area contributed by atoms with Gasteiger partial charge in [0.2, 0.25) is 5.75 Å². The number of fused-ring (bicyclic) bond motifs is 2. The van der Waals surface area contributed by atoms with Crippen molar-refractivity contribution >= 4 is 23.8 Å². The second kappa shape index (κ2) is 11.6. The van der Waals surface area contributed by atoms with Crippen LogP contribution in [-0.4, -0.2) is 48.3 Å². The van der Waals surface area contributed by atoms with Crippen LogP contribution in [0.1, 0.15) is 84.8 Å². The highest BCUT2D eigenvalue weighted by atomic mass is 16.5. The molecule has 2 heterocycles. The predicted octanol–water partition coefficient (Wildman–Crippen LogP) is 5.04. The van der Waals surface area contributed by atoms with Crippen molar-refractivity contribution in [2.75, 3.05) is 14.2 Å². The Labute approximate surface area is 221 Å². The van der Waals surface area contributed by atoms with E-state index in [0.717, 1.165) is 0 Å². The van der Waals surface area contributed by atoms with Crippen molar-refractivity contribution in [3.05, 3.63) is 46.5 Å². The third-order valence-electron chi connectivity index (χ3n) is 6.88. The van der Waals surface area contributed by atoms with Gasteiger partial charge in [0.25, 0.3) is 0 Å². The molecular weight excluding hydrogens is 492 g/mol. The van der Waals surface area contributed by atoms with Crippen LogP contribution in [-0.2, 0) is 14.3 Å². The smallest absolute Gasteiger partial charge is 0.342 e. The van der Waals surface area contributed by atoms with Gasteiger partial charge in [0.15, 0.2) is 11.5 Å². The number of hydrogen-bond donors (Lipinski definition) is 2. The van der Waals surface area contributed by atoms with Gasteiger partial charge in [-0.1, -0.05) is 12.2 Å². The van der Waals surface area contributed by atoms with Crippen molar-refractivity contribution in [1.29, 1.82) is 0 Å². The SMILES string of the molecule is COc1cc(C2CC(=O)Oc3cc4c(c(O)c32)C(=O)OC(C)CCCC(=O)CCCC=C4)cc(OC)c1O. The van der Waals surface area contributed by atoms with Crippen LogP contribution in [0.25, 0.3) is 6.08 Å². The molecule has 0 radical (unpaired) electrons. The molecule has 0 aliphatic carbocycles. The lowest BCUT2D eigenvalue weighted by atomic mass is 9.83. The van der Waals surface area contributed by atoms with E-state index in [1.54, 1.807) is 31.2 Å². The van der Waals surface area contributed by atoms with Gasteiger partial charge in [0.1, 0.15) is 22.8 Å². The molecule has 2 aromatic carbocycles. The molecule has 2 atom stereocenters. The second-order valence-corrected chi connectivity index (χ2v) is 9.55. The molecule has 202 valence electrons. The summed E-state index contributed by atoms with van der Waals surface area (Å²) in [5.41, 5.74) is 1.09. The Hall–Kier alpha value is -4.01. The first kappa shape index (κ1) is 27.0. The number of hydrogen-bond acceptors (Lipinski definition) is 9. The molecule has 0 aromatic heterocycles. The summed E-state index contributed by atoms with van der Waals surface area (Å²) in [4.78, 5) is 38.0. The van der Waals surface area contributed by atoms with Gasteiger partial charge in [-0.2, -0.15) is 0 Å². The predicted molar refractivity (Wildman–Crippen MR) is 138 cm³/mol. The summed E-state index contributed by atoms with van der Waals surface area (Å²) >= 11 is 0. The monoisotopic (exact) mass is 524 g/mol. The van der Waals surface area contributed by atoms with Gasteiger partial charge in [-0.3, -0.25) is 9.59 Å². The number of cyclic esters (lactones) is 1. The molecule has 0 saturated heterocycles. The number of carbonyl (C=O) groups excluding carboxylic acids is 3. The van der Waals surface area contributed by atoms with Crippen LogP contribution in [0.4, 0.5) is 0 Å². The maximum Gasteiger partial charge on any atom is 0.342 e. The Kier molecular flexibility index (Phi) is 8.24. The van der Waals surface area contributed by atoms with E-state index in [1.807, 2.05) is 6.08 Å². The topological polar surface area (TPSA) is 129 Å². The van der Waals surface area contributed by atoms with Gasteiger partial charge in [-0.05, 0) is 61.9 Å². The van der Waals surface area contributed by atoms with Gasteiger partial charge < -0.3 is 29.2 Å². The molecule has 0 fully saturated rings. The van der Waals surface area contributed by atoms with Gasteiger partial charge in [0.05, 0.1) is 26.7 Å². The standard InChI is InChI=1S/C29H32O9/c1-16-8-7-11-19(30)10-6-4-5-9-17-12-21-26(28(33)25(17)29(34)37-16)20(15-24(31)38-21)18-13-22(35-2)27(32)23(14-18)36-3/h5,9,12-14,16,20,32-33H,4,6-8,10-11,15H2,1-3H3. The maximum absolute atomic E-state index is 13.3. The molecule has 0 bridgehead atoms. The molecule has 0 saturated carbocycles. The number of ether oxygens (including phenoxy) is 4. The molecule has 2 N–H and O–H groups in total. The van der Waals surface area contributed by atoms with E-state index in [4.69, 9.17) is 18.9 Å². The fourth-order valence-electron chi connectivity index (χ4n) is 4.92. The minimum Gasteiger partial charge on any atom is -0.507 e. The maximum atomic E-state index is 13.3. The number of phenolic OH excluding ortho intramolecular Hbond substituents is 2. The molecule has 4 rings (SSSR count). The van der Waals surface area contributed by atoms with E-state index < -0.39 is 24.0 Å². The lowest BCUT2D eigenvalue weighted by Crippen LogP contribution is -2.23. The van der Waals surface area contributed by atoms with Crippen LogP contribution in [0.5, 0.6) is 28.7 Å². The van der Waals surface area contributed by atoms with Crippen LogP contribution in [0.2, 0.25) is 0 Å². The summed E-state index contributed by atoms with van der Waals surface area (Å²) < 4.78 is 21.7. The molecule has 2 aromatic rings. The Balaban J connectivity index is 1.85. The third-order valence-corrected chi connectivity index (χ3v) is 6.88. The van der Waals surface area contributed by atoms with E-state index in [9.17, 15) is 24.6 Å². The van der Waals surface area contributed by atoms with Crippen molar-refractivity contribution in [2.24, 2.45) is 0 Å². The fourth-order valence-corrected chi connectivity index (χ4v) is 4.92. The number of phenols is 2. The number of esters is 2. The molecule has 2 aliphatic heterocycles. The first-order valence-electron chi connectivity index (χ1n) is 12.7. The molecule has 2 unspecified atom stereocenters. The zero-order chi connectivity index (χ0) is 27.4. The van der Waals surface area contributed by atoms with Crippen LogP contribution >= 0.6 is 0 Å². The summed E-state index contributed by atoms with van der Waals surface area (Å²) in [5, 5.41) is 21.9. The number of methoxy groups -OCH3 is 2. The zero-order valence-electron chi connectivity index (χ0n) is 21.7. The van der Waals surface area contributed by atoms with Crippen molar-refractivity contribution < 1.29 is 43.5 Å². The minimum atomic E-state index is -0.715. The van der Waals surface area contributed by atoms with Gasteiger partial charge in [0, 0.05) is 24.3 Å². The summed E-state index contributed by atoms with van der Waals surface area (Å²) in [6, 6.07) is 4.65.